The number of hydrogen-bond donors (Lipinski definition) is 0. The van der Waals surface area contributed by atoms with Gasteiger partial charge in [0.25, 0.3) is 0 Å². The molecule has 2 aromatic rings. The summed E-state index contributed by atoms with van der Waals surface area (Å²) < 4.78 is 28.3. The lowest BCUT2D eigenvalue weighted by Gasteiger charge is -2.18. The summed E-state index contributed by atoms with van der Waals surface area (Å²) in [6, 6.07) is 8.69. The second-order valence-corrected chi connectivity index (χ2v) is 9.66. The van der Waals surface area contributed by atoms with Crippen LogP contribution >= 0.6 is 11.8 Å². The maximum atomic E-state index is 11.5. The van der Waals surface area contributed by atoms with Crippen LogP contribution < -0.4 is 0 Å². The lowest BCUT2D eigenvalue weighted by Crippen LogP contribution is -2.17. The summed E-state index contributed by atoms with van der Waals surface area (Å²) in [7, 11) is -1.55. The van der Waals surface area contributed by atoms with Crippen LogP contribution in [0, 0.1) is 0 Å². The summed E-state index contributed by atoms with van der Waals surface area (Å²) in [6.07, 6.45) is 1.20. The molecule has 0 amide bonds. The van der Waals surface area contributed by atoms with Crippen molar-refractivity contribution >= 4 is 21.6 Å². The van der Waals surface area contributed by atoms with Gasteiger partial charge < -0.3 is 4.74 Å². The molecule has 24 heavy (non-hydrogen) atoms. The van der Waals surface area contributed by atoms with Crippen molar-refractivity contribution in [3.8, 4) is 0 Å². The van der Waals surface area contributed by atoms with Crippen molar-refractivity contribution in [3.63, 3.8) is 0 Å². The van der Waals surface area contributed by atoms with E-state index in [2.05, 4.69) is 30.7 Å². The Morgan fingerprint density at radius 3 is 2.25 bits per heavy atom. The van der Waals surface area contributed by atoms with Gasteiger partial charge in [-0.25, -0.2) is 18.4 Å². The van der Waals surface area contributed by atoms with Gasteiger partial charge in [0.15, 0.2) is 9.84 Å². The maximum absolute atomic E-state index is 11.5. The summed E-state index contributed by atoms with van der Waals surface area (Å²) >= 11 is 1.48. The molecule has 0 saturated carbocycles. The molecule has 0 fully saturated rings. The highest BCUT2D eigenvalue weighted by molar-refractivity contribution is 7.99. The van der Waals surface area contributed by atoms with Crippen LogP contribution in [-0.4, -0.2) is 31.8 Å². The number of benzene rings is 1. The number of nitrogens with zero attached hydrogens (tertiary/aromatic N) is 2. The van der Waals surface area contributed by atoms with E-state index < -0.39 is 9.84 Å². The first kappa shape index (κ1) is 18.9. The smallest absolute Gasteiger partial charge is 0.175 e. The summed E-state index contributed by atoms with van der Waals surface area (Å²) in [5.74, 6) is 0.757. The van der Waals surface area contributed by atoms with Crippen molar-refractivity contribution in [2.45, 2.75) is 47.6 Å². The maximum Gasteiger partial charge on any atom is 0.175 e. The summed E-state index contributed by atoms with van der Waals surface area (Å²) in [5.41, 5.74) is 0.659. The number of rotatable bonds is 5. The molecule has 0 unspecified atom stereocenters. The average molecular weight is 367 g/mol. The Kier molecular flexibility index (Phi) is 5.67. The summed E-state index contributed by atoms with van der Waals surface area (Å²) in [6.45, 7) is 6.61. The highest BCUT2D eigenvalue weighted by Crippen LogP contribution is 2.29. The van der Waals surface area contributed by atoms with E-state index in [0.717, 1.165) is 21.4 Å². The quantitative estimate of drug-likeness (QED) is 0.755. The van der Waals surface area contributed by atoms with Gasteiger partial charge in [0, 0.05) is 23.7 Å². The van der Waals surface area contributed by atoms with Crippen molar-refractivity contribution in [1.82, 2.24) is 9.97 Å². The molecule has 0 bridgehead atoms. The number of aromatic nitrogens is 2. The van der Waals surface area contributed by atoms with Gasteiger partial charge in [0.1, 0.15) is 10.9 Å². The number of ether oxygens (including phenoxy) is 1. The molecule has 0 N–H and O–H groups in total. The van der Waals surface area contributed by atoms with Crippen LogP contribution in [0.4, 0.5) is 0 Å². The van der Waals surface area contributed by atoms with Crippen LogP contribution in [0.5, 0.6) is 0 Å². The Hall–Kier alpha value is -1.44. The molecular formula is C17H22N2O3S2. The van der Waals surface area contributed by atoms with Gasteiger partial charge in [-0.05, 0) is 30.3 Å². The van der Waals surface area contributed by atoms with E-state index in [9.17, 15) is 8.42 Å². The van der Waals surface area contributed by atoms with Crippen LogP contribution in [0.15, 0.2) is 45.1 Å². The van der Waals surface area contributed by atoms with Gasteiger partial charge in [-0.15, -0.1) is 0 Å². The fourth-order valence-electron chi connectivity index (χ4n) is 1.96. The normalized spacial score (nSPS) is 12.4. The Bertz CT molecular complexity index is 811. The van der Waals surface area contributed by atoms with Gasteiger partial charge in [-0.1, -0.05) is 32.5 Å². The lowest BCUT2D eigenvalue weighted by atomic mass is 9.96. The summed E-state index contributed by atoms with van der Waals surface area (Å²) in [5, 5.41) is 0.814. The van der Waals surface area contributed by atoms with E-state index in [0.29, 0.717) is 11.5 Å². The first-order valence-corrected chi connectivity index (χ1v) is 10.2. The first-order chi connectivity index (χ1) is 11.1. The van der Waals surface area contributed by atoms with E-state index in [1.807, 2.05) is 6.07 Å². The molecule has 1 heterocycles. The fraction of sp³-hybridized carbons (Fsp3) is 0.412. The minimum Gasteiger partial charge on any atom is -0.378 e. The van der Waals surface area contributed by atoms with Crippen molar-refractivity contribution in [2.24, 2.45) is 0 Å². The zero-order valence-electron chi connectivity index (χ0n) is 14.5. The molecule has 2 rings (SSSR count). The second-order valence-electron chi connectivity index (χ2n) is 6.55. The standard InChI is InChI=1S/C17H22N2O3S2/c1-17(2,3)16-18-12(11-22-4)10-15(19-16)23-13-6-8-14(9-7-13)24(5,20)21/h6-10H,11H2,1-5H3. The summed E-state index contributed by atoms with van der Waals surface area (Å²) in [4.78, 5) is 10.4. The first-order valence-electron chi connectivity index (χ1n) is 7.45. The monoisotopic (exact) mass is 366 g/mol. The van der Waals surface area contributed by atoms with Gasteiger partial charge in [-0.3, -0.25) is 0 Å². The van der Waals surface area contributed by atoms with Crippen LogP contribution in [0.1, 0.15) is 32.3 Å². The zero-order valence-corrected chi connectivity index (χ0v) is 16.2. The van der Waals surface area contributed by atoms with Gasteiger partial charge >= 0.3 is 0 Å². The SMILES string of the molecule is COCc1cc(Sc2ccc(S(C)(=O)=O)cc2)nc(C(C)(C)C)n1. The molecule has 0 spiro atoms. The largest absolute Gasteiger partial charge is 0.378 e. The third-order valence-electron chi connectivity index (χ3n) is 3.19. The van der Waals surface area contributed by atoms with Crippen molar-refractivity contribution in [1.29, 1.82) is 0 Å². The van der Waals surface area contributed by atoms with Crippen molar-refractivity contribution in [3.05, 3.63) is 41.9 Å². The third kappa shape index (κ3) is 5.03. The van der Waals surface area contributed by atoms with Gasteiger partial charge in [0.2, 0.25) is 0 Å². The number of hydrogen-bond acceptors (Lipinski definition) is 6. The van der Waals surface area contributed by atoms with Crippen molar-refractivity contribution in [2.75, 3.05) is 13.4 Å². The van der Waals surface area contributed by atoms with Crippen LogP contribution in [-0.2, 0) is 26.6 Å². The second kappa shape index (κ2) is 7.21. The lowest BCUT2D eigenvalue weighted by molar-refractivity contribution is 0.180. The molecule has 0 aliphatic rings. The van der Waals surface area contributed by atoms with E-state index in [1.165, 1.54) is 18.0 Å². The Morgan fingerprint density at radius 1 is 1.12 bits per heavy atom. The minimum atomic E-state index is -3.18. The topological polar surface area (TPSA) is 69.2 Å². The molecule has 1 aromatic carbocycles. The van der Waals surface area contributed by atoms with E-state index in [4.69, 9.17) is 4.74 Å². The van der Waals surface area contributed by atoms with E-state index in [-0.39, 0.29) is 5.41 Å². The molecule has 0 atom stereocenters. The number of sulfone groups is 1. The average Bonchev–Trinajstić information content (AvgIpc) is 2.46. The zero-order chi connectivity index (χ0) is 18.0. The van der Waals surface area contributed by atoms with E-state index >= 15 is 0 Å². The van der Waals surface area contributed by atoms with Crippen molar-refractivity contribution < 1.29 is 13.2 Å². The van der Waals surface area contributed by atoms with Crippen LogP contribution in [0.2, 0.25) is 0 Å². The molecule has 0 aliphatic heterocycles. The van der Waals surface area contributed by atoms with Gasteiger partial charge in [0.05, 0.1) is 17.2 Å². The van der Waals surface area contributed by atoms with Gasteiger partial charge in [-0.2, -0.15) is 0 Å². The number of methoxy groups -OCH3 is 1. The third-order valence-corrected chi connectivity index (χ3v) is 5.25. The van der Waals surface area contributed by atoms with E-state index in [1.54, 1.807) is 31.4 Å². The minimum absolute atomic E-state index is 0.167. The van der Waals surface area contributed by atoms with Crippen LogP contribution in [0.3, 0.4) is 0 Å². The molecule has 0 radical (unpaired) electrons. The Labute approximate surface area is 147 Å². The van der Waals surface area contributed by atoms with Crippen LogP contribution in [0.25, 0.3) is 0 Å². The highest BCUT2D eigenvalue weighted by Gasteiger charge is 2.19. The fourth-order valence-corrected chi connectivity index (χ4v) is 3.43. The predicted octanol–water partition coefficient (Wildman–Crippen LogP) is 3.48. The molecule has 7 heteroatoms. The predicted molar refractivity (Wildman–Crippen MR) is 95.1 cm³/mol. The Morgan fingerprint density at radius 2 is 1.75 bits per heavy atom. The molecule has 0 aliphatic carbocycles. The molecule has 5 nitrogen and oxygen atoms in total. The molecule has 1 aromatic heterocycles. The highest BCUT2D eigenvalue weighted by atomic mass is 32.2. The Balaban J connectivity index is 2.33. The molecule has 130 valence electrons. The molecule has 0 saturated heterocycles. The molecular weight excluding hydrogens is 344 g/mol.